The van der Waals surface area contributed by atoms with Crippen molar-refractivity contribution in [2.24, 2.45) is 5.16 Å². The Morgan fingerprint density at radius 1 is 1.10 bits per heavy atom. The average Bonchev–Trinajstić information content (AvgIpc) is 2.78. The lowest BCUT2D eigenvalue weighted by atomic mass is 10.1. The Labute approximate surface area is 178 Å². The minimum absolute atomic E-state index is 0.283. The lowest BCUT2D eigenvalue weighted by Gasteiger charge is -2.26. The maximum Gasteiger partial charge on any atom is 0.243 e. The van der Waals surface area contributed by atoms with Gasteiger partial charge >= 0.3 is 0 Å². The van der Waals surface area contributed by atoms with Gasteiger partial charge in [-0.05, 0) is 48.2 Å². The summed E-state index contributed by atoms with van der Waals surface area (Å²) in [6.45, 7) is 3.22. The predicted molar refractivity (Wildman–Crippen MR) is 116 cm³/mol. The van der Waals surface area contributed by atoms with Crippen molar-refractivity contribution in [1.82, 2.24) is 4.31 Å². The Hall–Kier alpha value is -2.69. The molecule has 2 aromatic carbocycles. The molecule has 0 spiro atoms. The summed E-state index contributed by atoms with van der Waals surface area (Å²) in [6.07, 6.45) is 4.29. The van der Waals surface area contributed by atoms with E-state index in [4.69, 9.17) is 10.1 Å². The second kappa shape index (κ2) is 10.4. The van der Waals surface area contributed by atoms with E-state index in [1.54, 1.807) is 24.3 Å². The molecule has 7 heteroatoms. The van der Waals surface area contributed by atoms with Gasteiger partial charge in [-0.1, -0.05) is 42.8 Å². The summed E-state index contributed by atoms with van der Waals surface area (Å²) in [5.74, 6) is 0. The summed E-state index contributed by atoms with van der Waals surface area (Å²) in [5.41, 5.74) is 3.48. The lowest BCUT2D eigenvalue weighted by molar-refractivity contribution is 0.128. The largest absolute Gasteiger partial charge is 0.391 e. The van der Waals surface area contributed by atoms with E-state index in [-0.39, 0.29) is 6.61 Å². The average molecular weight is 426 g/mol. The Morgan fingerprint density at radius 3 is 2.50 bits per heavy atom. The van der Waals surface area contributed by atoms with Crippen molar-refractivity contribution < 1.29 is 13.3 Å². The molecule has 0 N–H and O–H groups in total. The fraction of sp³-hybridized carbons (Fsp3) is 0.391. The molecule has 0 bridgehead atoms. The van der Waals surface area contributed by atoms with Gasteiger partial charge in [-0.2, -0.15) is 9.57 Å². The number of sulfonamides is 1. The van der Waals surface area contributed by atoms with Crippen LogP contribution in [-0.2, 0) is 27.9 Å². The van der Waals surface area contributed by atoms with Gasteiger partial charge in [0.05, 0.1) is 22.2 Å². The second-order valence-electron chi connectivity index (χ2n) is 7.39. The molecule has 0 atom stereocenters. The van der Waals surface area contributed by atoms with Crippen LogP contribution in [0.3, 0.4) is 0 Å². The number of hydrogen-bond donors (Lipinski definition) is 0. The SMILES string of the molecule is CCCCc1ccc(S(=O)(=O)N2CCC(=NOCc3cccc(C#N)c3)CC2)cc1. The molecule has 0 aliphatic carbocycles. The summed E-state index contributed by atoms with van der Waals surface area (Å²) in [6, 6.07) is 16.5. The van der Waals surface area contributed by atoms with Crippen LogP contribution < -0.4 is 0 Å². The number of nitrogens with zero attached hydrogens (tertiary/aromatic N) is 3. The Bertz CT molecular complexity index is 1010. The van der Waals surface area contributed by atoms with Gasteiger partial charge in [0.15, 0.2) is 0 Å². The molecule has 1 saturated heterocycles. The number of benzene rings is 2. The molecular weight excluding hydrogens is 398 g/mol. The number of piperidine rings is 1. The van der Waals surface area contributed by atoms with Gasteiger partial charge in [-0.3, -0.25) is 0 Å². The van der Waals surface area contributed by atoms with E-state index < -0.39 is 10.0 Å². The maximum atomic E-state index is 12.9. The molecule has 0 unspecified atom stereocenters. The van der Waals surface area contributed by atoms with E-state index >= 15 is 0 Å². The van der Waals surface area contributed by atoms with E-state index in [0.717, 1.165) is 30.5 Å². The molecule has 1 heterocycles. The van der Waals surface area contributed by atoms with Gasteiger partial charge in [0.1, 0.15) is 6.61 Å². The summed E-state index contributed by atoms with van der Waals surface area (Å²) >= 11 is 0. The standard InChI is InChI=1S/C23H27N3O3S/c1-2-3-5-19-8-10-23(11-9-19)30(27,28)26-14-12-22(13-15-26)25-29-18-21-7-4-6-20(16-21)17-24/h4,6-11,16H,2-3,5,12-15,18H2,1H3. The van der Waals surface area contributed by atoms with Crippen molar-refractivity contribution in [3.05, 3.63) is 65.2 Å². The number of hydrogen-bond acceptors (Lipinski definition) is 5. The molecule has 0 aromatic heterocycles. The number of oxime groups is 1. The van der Waals surface area contributed by atoms with Crippen LogP contribution >= 0.6 is 0 Å². The van der Waals surface area contributed by atoms with Gasteiger partial charge in [-0.25, -0.2) is 8.42 Å². The van der Waals surface area contributed by atoms with Crippen LogP contribution in [0.15, 0.2) is 58.6 Å². The second-order valence-corrected chi connectivity index (χ2v) is 9.33. The van der Waals surface area contributed by atoms with Crippen LogP contribution in [0.2, 0.25) is 0 Å². The molecule has 6 nitrogen and oxygen atoms in total. The highest BCUT2D eigenvalue weighted by atomic mass is 32.2. The van der Waals surface area contributed by atoms with E-state index in [2.05, 4.69) is 18.1 Å². The topological polar surface area (TPSA) is 82.8 Å². The quantitative estimate of drug-likeness (QED) is 0.592. The van der Waals surface area contributed by atoms with Crippen molar-refractivity contribution in [3.8, 4) is 6.07 Å². The molecule has 1 aliphatic rings. The predicted octanol–water partition coefficient (Wildman–Crippen LogP) is 4.26. The number of nitriles is 1. The molecule has 30 heavy (non-hydrogen) atoms. The van der Waals surface area contributed by atoms with Crippen LogP contribution in [0.4, 0.5) is 0 Å². The Morgan fingerprint density at radius 2 is 1.83 bits per heavy atom. The van der Waals surface area contributed by atoms with E-state index in [1.165, 1.54) is 9.87 Å². The molecule has 0 radical (unpaired) electrons. The first-order chi connectivity index (χ1) is 14.5. The van der Waals surface area contributed by atoms with Gasteiger partial charge in [0, 0.05) is 25.9 Å². The van der Waals surface area contributed by atoms with Gasteiger partial charge in [-0.15, -0.1) is 0 Å². The fourth-order valence-electron chi connectivity index (χ4n) is 3.36. The van der Waals surface area contributed by atoms with E-state index in [0.29, 0.717) is 36.4 Å². The molecular formula is C23H27N3O3S. The highest BCUT2D eigenvalue weighted by Gasteiger charge is 2.28. The third kappa shape index (κ3) is 5.68. The van der Waals surface area contributed by atoms with Gasteiger partial charge in [0.2, 0.25) is 10.0 Å². The molecule has 3 rings (SSSR count). The molecule has 0 amide bonds. The van der Waals surface area contributed by atoms with Crippen molar-refractivity contribution in [2.45, 2.75) is 50.5 Å². The lowest BCUT2D eigenvalue weighted by Crippen LogP contribution is -2.38. The normalized spacial score (nSPS) is 14.9. The summed E-state index contributed by atoms with van der Waals surface area (Å²) in [5, 5.41) is 13.1. The van der Waals surface area contributed by atoms with Gasteiger partial charge in [0.25, 0.3) is 0 Å². The zero-order chi connectivity index (χ0) is 21.4. The Balaban J connectivity index is 1.53. The smallest absolute Gasteiger partial charge is 0.243 e. The summed E-state index contributed by atoms with van der Waals surface area (Å²) in [4.78, 5) is 5.76. The highest BCUT2D eigenvalue weighted by Crippen LogP contribution is 2.21. The van der Waals surface area contributed by atoms with Crippen LogP contribution in [0.1, 0.15) is 49.3 Å². The molecule has 2 aromatic rings. The number of rotatable bonds is 8. The minimum Gasteiger partial charge on any atom is -0.391 e. The fourth-order valence-corrected chi connectivity index (χ4v) is 4.80. The molecule has 1 fully saturated rings. The van der Waals surface area contributed by atoms with Crippen LogP contribution in [0.25, 0.3) is 0 Å². The third-order valence-corrected chi connectivity index (χ3v) is 7.07. The first kappa shape index (κ1) is 22.0. The van der Waals surface area contributed by atoms with Crippen LogP contribution in [0.5, 0.6) is 0 Å². The minimum atomic E-state index is -3.49. The zero-order valence-corrected chi connectivity index (χ0v) is 18.1. The van der Waals surface area contributed by atoms with Crippen LogP contribution in [-0.4, -0.2) is 31.5 Å². The highest BCUT2D eigenvalue weighted by molar-refractivity contribution is 7.89. The zero-order valence-electron chi connectivity index (χ0n) is 17.3. The van der Waals surface area contributed by atoms with Crippen molar-refractivity contribution in [2.75, 3.05) is 13.1 Å². The Kier molecular flexibility index (Phi) is 7.61. The van der Waals surface area contributed by atoms with Crippen molar-refractivity contribution >= 4 is 15.7 Å². The number of aryl methyl sites for hydroxylation is 1. The molecule has 0 saturated carbocycles. The third-order valence-electron chi connectivity index (χ3n) is 5.16. The first-order valence-electron chi connectivity index (χ1n) is 10.3. The van der Waals surface area contributed by atoms with Crippen LogP contribution in [0, 0.1) is 11.3 Å². The summed E-state index contributed by atoms with van der Waals surface area (Å²) in [7, 11) is -3.49. The van der Waals surface area contributed by atoms with Gasteiger partial charge < -0.3 is 4.84 Å². The summed E-state index contributed by atoms with van der Waals surface area (Å²) < 4.78 is 27.3. The van der Waals surface area contributed by atoms with E-state index in [9.17, 15) is 8.42 Å². The molecule has 158 valence electrons. The monoisotopic (exact) mass is 425 g/mol. The maximum absolute atomic E-state index is 12.9. The van der Waals surface area contributed by atoms with E-state index in [1.807, 2.05) is 24.3 Å². The van der Waals surface area contributed by atoms with Crippen molar-refractivity contribution in [3.63, 3.8) is 0 Å². The first-order valence-corrected chi connectivity index (χ1v) is 11.7. The van der Waals surface area contributed by atoms with Crippen molar-refractivity contribution in [1.29, 1.82) is 5.26 Å². The number of unbranched alkanes of at least 4 members (excludes halogenated alkanes) is 1. The molecule has 1 aliphatic heterocycles.